The Morgan fingerprint density at radius 3 is 2.85 bits per heavy atom. The van der Waals surface area contributed by atoms with Crippen molar-refractivity contribution < 1.29 is 4.79 Å². The highest BCUT2D eigenvalue weighted by molar-refractivity contribution is 7.09. The number of rotatable bonds is 4. The summed E-state index contributed by atoms with van der Waals surface area (Å²) >= 11 is 1.60. The van der Waals surface area contributed by atoms with Gasteiger partial charge in [-0.15, -0.1) is 11.3 Å². The first kappa shape index (κ1) is 17.8. The van der Waals surface area contributed by atoms with Crippen LogP contribution in [0, 0.1) is 6.92 Å². The zero-order valence-corrected chi connectivity index (χ0v) is 16.2. The van der Waals surface area contributed by atoms with Crippen molar-refractivity contribution in [1.82, 2.24) is 25.1 Å². The van der Waals surface area contributed by atoms with Crippen LogP contribution in [0.2, 0.25) is 0 Å². The van der Waals surface area contributed by atoms with Gasteiger partial charge in [0.2, 0.25) is 5.95 Å². The van der Waals surface area contributed by atoms with Crippen LogP contribution >= 0.6 is 11.3 Å². The van der Waals surface area contributed by atoms with Gasteiger partial charge in [-0.3, -0.25) is 10.1 Å². The number of nitrogens with zero attached hydrogens (tertiary/aromatic N) is 4. The van der Waals surface area contributed by atoms with Crippen molar-refractivity contribution >= 4 is 23.2 Å². The lowest BCUT2D eigenvalue weighted by molar-refractivity contribution is 0.102. The Morgan fingerprint density at radius 2 is 2.11 bits per heavy atom. The van der Waals surface area contributed by atoms with Gasteiger partial charge in [0.1, 0.15) is 0 Å². The maximum atomic E-state index is 12.7. The zero-order chi connectivity index (χ0) is 18.8. The summed E-state index contributed by atoms with van der Waals surface area (Å²) < 4.78 is 1.64. The van der Waals surface area contributed by atoms with Gasteiger partial charge in [-0.1, -0.05) is 12.1 Å². The van der Waals surface area contributed by atoms with E-state index in [1.54, 1.807) is 22.1 Å². The zero-order valence-electron chi connectivity index (χ0n) is 15.4. The molecular formula is C19H22N6OS. The molecule has 1 fully saturated rings. The molecule has 2 aromatic heterocycles. The number of thiazole rings is 1. The third-order valence-corrected chi connectivity index (χ3v) is 5.52. The van der Waals surface area contributed by atoms with E-state index in [1.807, 2.05) is 37.6 Å². The van der Waals surface area contributed by atoms with Gasteiger partial charge in [-0.05, 0) is 45.0 Å². The molecule has 27 heavy (non-hydrogen) atoms. The molecule has 7 nitrogen and oxygen atoms in total. The molecule has 1 saturated heterocycles. The van der Waals surface area contributed by atoms with Gasteiger partial charge in [0.15, 0.2) is 5.82 Å². The molecule has 2 N–H and O–H groups in total. The molecule has 0 saturated carbocycles. The predicted octanol–water partition coefficient (Wildman–Crippen LogP) is 2.97. The van der Waals surface area contributed by atoms with Crippen molar-refractivity contribution in [3.05, 3.63) is 46.0 Å². The van der Waals surface area contributed by atoms with Crippen LogP contribution in [0.3, 0.4) is 0 Å². The van der Waals surface area contributed by atoms with Crippen LogP contribution in [0.25, 0.3) is 11.3 Å². The molecule has 140 valence electrons. The minimum absolute atomic E-state index is 0.198. The van der Waals surface area contributed by atoms with Crippen LogP contribution < -0.4 is 10.6 Å². The summed E-state index contributed by atoms with van der Waals surface area (Å²) in [7, 11) is 1.81. The number of hydrogen-bond acceptors (Lipinski definition) is 6. The van der Waals surface area contributed by atoms with Crippen molar-refractivity contribution in [2.45, 2.75) is 25.7 Å². The largest absolute Gasteiger partial charge is 0.317 e. The van der Waals surface area contributed by atoms with Crippen LogP contribution in [-0.4, -0.2) is 38.7 Å². The predicted molar refractivity (Wildman–Crippen MR) is 106 cm³/mol. The van der Waals surface area contributed by atoms with Crippen LogP contribution in [0.5, 0.6) is 0 Å². The van der Waals surface area contributed by atoms with E-state index in [2.05, 4.69) is 25.7 Å². The molecule has 0 bridgehead atoms. The molecule has 3 heterocycles. The lowest BCUT2D eigenvalue weighted by Gasteiger charge is -2.19. The summed E-state index contributed by atoms with van der Waals surface area (Å²) in [6.45, 7) is 3.93. The molecular weight excluding hydrogens is 360 g/mol. The maximum absolute atomic E-state index is 12.7. The monoisotopic (exact) mass is 382 g/mol. The Kier molecular flexibility index (Phi) is 5.00. The van der Waals surface area contributed by atoms with Crippen LogP contribution in [-0.2, 0) is 7.05 Å². The Balaban J connectivity index is 1.52. The van der Waals surface area contributed by atoms with E-state index in [0.717, 1.165) is 48.0 Å². The van der Waals surface area contributed by atoms with Gasteiger partial charge >= 0.3 is 0 Å². The second-order valence-corrected chi connectivity index (χ2v) is 7.79. The molecule has 8 heteroatoms. The first-order valence-corrected chi connectivity index (χ1v) is 9.93. The molecule has 0 spiro atoms. The summed E-state index contributed by atoms with van der Waals surface area (Å²) in [4.78, 5) is 21.8. The number of piperidine rings is 1. The van der Waals surface area contributed by atoms with Crippen molar-refractivity contribution in [1.29, 1.82) is 0 Å². The van der Waals surface area contributed by atoms with Crippen molar-refractivity contribution in [2.24, 2.45) is 7.05 Å². The molecule has 0 aliphatic carbocycles. The summed E-state index contributed by atoms with van der Waals surface area (Å²) in [6, 6.07) is 7.48. The second kappa shape index (κ2) is 7.58. The second-order valence-electron chi connectivity index (χ2n) is 6.73. The third kappa shape index (κ3) is 3.91. The van der Waals surface area contributed by atoms with Crippen LogP contribution in [0.1, 0.15) is 39.9 Å². The Morgan fingerprint density at radius 1 is 1.30 bits per heavy atom. The average molecular weight is 382 g/mol. The molecule has 4 rings (SSSR count). The van der Waals surface area contributed by atoms with Crippen molar-refractivity contribution in [2.75, 3.05) is 18.4 Å². The van der Waals surface area contributed by atoms with Gasteiger partial charge in [-0.25, -0.2) is 9.67 Å². The van der Waals surface area contributed by atoms with E-state index in [0.29, 0.717) is 17.4 Å². The molecule has 1 aliphatic rings. The molecule has 1 aromatic carbocycles. The van der Waals surface area contributed by atoms with E-state index in [9.17, 15) is 4.79 Å². The lowest BCUT2D eigenvalue weighted by atomic mass is 9.98. The standard InChI is InChI=1S/C19H22N6OS/c1-12-21-16(11-27-12)14-4-3-5-15(10-14)18(26)23-19-22-17(24-25(19)2)13-6-8-20-9-7-13/h3-5,10-11,13,20H,6-9H2,1-2H3,(H,22,23,24,26). The lowest BCUT2D eigenvalue weighted by Crippen LogP contribution is -2.27. The molecule has 1 amide bonds. The molecule has 1 aliphatic heterocycles. The van der Waals surface area contributed by atoms with Gasteiger partial charge in [0.05, 0.1) is 10.7 Å². The number of amides is 1. The summed E-state index contributed by atoms with van der Waals surface area (Å²) in [6.07, 6.45) is 2.04. The van der Waals surface area contributed by atoms with Gasteiger partial charge < -0.3 is 5.32 Å². The SMILES string of the molecule is Cc1nc(-c2cccc(C(=O)Nc3nc(C4CCNCC4)nn3C)c2)cs1. The smallest absolute Gasteiger partial charge is 0.258 e. The highest BCUT2D eigenvalue weighted by Crippen LogP contribution is 2.24. The summed E-state index contributed by atoms with van der Waals surface area (Å²) in [5, 5.41) is 13.7. The fraction of sp³-hybridized carbons (Fsp3) is 0.368. The van der Waals surface area contributed by atoms with Crippen molar-refractivity contribution in [3.8, 4) is 11.3 Å². The summed E-state index contributed by atoms with van der Waals surface area (Å²) in [5.74, 6) is 1.43. The minimum Gasteiger partial charge on any atom is -0.317 e. The fourth-order valence-electron chi connectivity index (χ4n) is 3.26. The average Bonchev–Trinajstić information content (AvgIpc) is 3.29. The molecule has 0 radical (unpaired) electrons. The molecule has 0 unspecified atom stereocenters. The number of carbonyl (C=O) groups is 1. The first-order chi connectivity index (χ1) is 13.1. The van der Waals surface area contributed by atoms with Crippen LogP contribution in [0.4, 0.5) is 5.95 Å². The van der Waals surface area contributed by atoms with Gasteiger partial charge in [-0.2, -0.15) is 10.1 Å². The Bertz CT molecular complexity index is 957. The number of benzene rings is 1. The van der Waals surface area contributed by atoms with E-state index in [1.165, 1.54) is 0 Å². The van der Waals surface area contributed by atoms with E-state index in [-0.39, 0.29) is 5.91 Å². The number of carbonyl (C=O) groups excluding carboxylic acids is 1. The summed E-state index contributed by atoms with van der Waals surface area (Å²) in [5.41, 5.74) is 2.39. The normalized spacial score (nSPS) is 15.0. The fourth-order valence-corrected chi connectivity index (χ4v) is 3.88. The number of hydrogen-bond donors (Lipinski definition) is 2. The number of anilines is 1. The topological polar surface area (TPSA) is 84.7 Å². The van der Waals surface area contributed by atoms with Gasteiger partial charge in [0.25, 0.3) is 5.91 Å². The highest BCUT2D eigenvalue weighted by Gasteiger charge is 2.21. The maximum Gasteiger partial charge on any atom is 0.258 e. The number of aryl methyl sites for hydroxylation is 2. The van der Waals surface area contributed by atoms with E-state index < -0.39 is 0 Å². The third-order valence-electron chi connectivity index (χ3n) is 4.75. The Hall–Kier alpha value is -2.58. The minimum atomic E-state index is -0.198. The quantitative estimate of drug-likeness (QED) is 0.725. The molecule has 0 atom stereocenters. The van der Waals surface area contributed by atoms with E-state index in [4.69, 9.17) is 0 Å². The van der Waals surface area contributed by atoms with E-state index >= 15 is 0 Å². The first-order valence-electron chi connectivity index (χ1n) is 9.06. The van der Waals surface area contributed by atoms with Crippen LogP contribution in [0.15, 0.2) is 29.6 Å². The number of nitrogens with one attached hydrogen (secondary N) is 2. The Labute approximate surface area is 161 Å². The molecule has 3 aromatic rings. The highest BCUT2D eigenvalue weighted by atomic mass is 32.1. The van der Waals surface area contributed by atoms with Crippen molar-refractivity contribution in [3.63, 3.8) is 0 Å². The van der Waals surface area contributed by atoms with Gasteiger partial charge in [0, 0.05) is 29.5 Å². The number of aromatic nitrogens is 4.